The van der Waals surface area contributed by atoms with Gasteiger partial charge in [-0.3, -0.25) is 9.78 Å². The van der Waals surface area contributed by atoms with E-state index >= 15 is 0 Å². The van der Waals surface area contributed by atoms with Crippen LogP contribution in [0.15, 0.2) is 79.5 Å². The van der Waals surface area contributed by atoms with Crippen LogP contribution < -0.4 is 10.6 Å². The minimum Gasteiger partial charge on any atom is -0.354 e. The fraction of sp³-hybridized carbons (Fsp3) is 0.111. The van der Waals surface area contributed by atoms with Crippen molar-refractivity contribution < 1.29 is 0 Å². The molecule has 0 radical (unpaired) electrons. The highest BCUT2D eigenvalue weighted by Crippen LogP contribution is 2.31. The number of nitrogens with one attached hydrogen (secondary N) is 3. The van der Waals surface area contributed by atoms with E-state index in [-0.39, 0.29) is 0 Å². The summed E-state index contributed by atoms with van der Waals surface area (Å²) in [5.41, 5.74) is 10.5. The Bertz CT molecular complexity index is 1510. The van der Waals surface area contributed by atoms with E-state index in [9.17, 15) is 0 Å². The molecule has 0 fully saturated rings. The van der Waals surface area contributed by atoms with Gasteiger partial charge in [0.05, 0.1) is 23.1 Å². The summed E-state index contributed by atoms with van der Waals surface area (Å²) in [7, 11) is 1.99. The van der Waals surface area contributed by atoms with E-state index in [1.165, 1.54) is 11.1 Å². The number of H-pyrrole nitrogens is 1. The van der Waals surface area contributed by atoms with Crippen LogP contribution in [0.5, 0.6) is 0 Å². The smallest absolute Gasteiger partial charge is 0.116 e. The SMILES string of the molecule is C=C1Nc2cccc(c2)-c2cccc(c2)CNCc2c(cnn2C)-c2ccc3[nH]nc1c3c2. The van der Waals surface area contributed by atoms with Crippen LogP contribution in [0.2, 0.25) is 0 Å². The molecule has 0 unspecified atom stereocenters. The van der Waals surface area contributed by atoms with Crippen molar-refractivity contribution in [2.24, 2.45) is 7.05 Å². The Hall–Kier alpha value is -4.16. The van der Waals surface area contributed by atoms with Crippen molar-refractivity contribution in [3.63, 3.8) is 0 Å². The molecule has 0 amide bonds. The molecule has 2 aromatic heterocycles. The molecule has 33 heavy (non-hydrogen) atoms. The first-order chi connectivity index (χ1) is 16.2. The minimum atomic E-state index is 0.718. The molecule has 3 heterocycles. The zero-order valence-corrected chi connectivity index (χ0v) is 18.4. The Morgan fingerprint density at radius 3 is 2.67 bits per heavy atom. The molecule has 6 rings (SSSR count). The van der Waals surface area contributed by atoms with Gasteiger partial charge >= 0.3 is 0 Å². The van der Waals surface area contributed by atoms with E-state index in [0.717, 1.165) is 63.5 Å². The normalized spacial score (nSPS) is 13.5. The number of aromatic nitrogens is 4. The summed E-state index contributed by atoms with van der Waals surface area (Å²) in [6.07, 6.45) is 1.94. The molecular formula is C27H24N6. The third-order valence-corrected chi connectivity index (χ3v) is 6.26. The average molecular weight is 433 g/mol. The second-order valence-corrected chi connectivity index (χ2v) is 8.45. The predicted octanol–water partition coefficient (Wildman–Crippen LogP) is 5.32. The van der Waals surface area contributed by atoms with Gasteiger partial charge < -0.3 is 10.6 Å². The van der Waals surface area contributed by atoms with Gasteiger partial charge in [-0.25, -0.2) is 0 Å². The molecule has 0 aliphatic carbocycles. The molecule has 1 aliphatic heterocycles. The summed E-state index contributed by atoms with van der Waals surface area (Å²) in [6, 6.07) is 23.4. The van der Waals surface area contributed by atoms with Crippen LogP contribution in [0.25, 0.3) is 38.9 Å². The van der Waals surface area contributed by atoms with Crippen molar-refractivity contribution in [3.05, 3.63) is 96.5 Å². The van der Waals surface area contributed by atoms with Crippen molar-refractivity contribution in [1.29, 1.82) is 0 Å². The van der Waals surface area contributed by atoms with Crippen LogP contribution in [-0.4, -0.2) is 20.0 Å². The van der Waals surface area contributed by atoms with Crippen LogP contribution >= 0.6 is 0 Å². The van der Waals surface area contributed by atoms with Gasteiger partial charge in [0.1, 0.15) is 5.69 Å². The zero-order valence-electron chi connectivity index (χ0n) is 18.4. The van der Waals surface area contributed by atoms with Gasteiger partial charge in [-0.1, -0.05) is 43.0 Å². The maximum atomic E-state index is 4.56. The highest BCUT2D eigenvalue weighted by Gasteiger charge is 2.15. The molecule has 3 N–H and O–H groups in total. The molecule has 0 saturated heterocycles. The van der Waals surface area contributed by atoms with E-state index < -0.39 is 0 Å². The summed E-state index contributed by atoms with van der Waals surface area (Å²) in [5, 5.41) is 20.3. The van der Waals surface area contributed by atoms with Crippen LogP contribution in [0, 0.1) is 0 Å². The molecule has 3 aromatic carbocycles. The molecule has 0 saturated carbocycles. The highest BCUT2D eigenvalue weighted by atomic mass is 15.3. The lowest BCUT2D eigenvalue weighted by molar-refractivity contribution is 0.627. The van der Waals surface area contributed by atoms with E-state index in [4.69, 9.17) is 0 Å². The molecule has 6 heteroatoms. The zero-order chi connectivity index (χ0) is 22.4. The van der Waals surface area contributed by atoms with Crippen LogP contribution in [0.1, 0.15) is 17.0 Å². The predicted molar refractivity (Wildman–Crippen MR) is 133 cm³/mol. The lowest BCUT2D eigenvalue weighted by Crippen LogP contribution is -2.16. The largest absolute Gasteiger partial charge is 0.354 e. The van der Waals surface area contributed by atoms with Crippen molar-refractivity contribution >= 4 is 22.3 Å². The molecule has 1 aliphatic rings. The molecule has 6 bridgehead atoms. The lowest BCUT2D eigenvalue weighted by Gasteiger charge is -2.11. The van der Waals surface area contributed by atoms with E-state index in [0.29, 0.717) is 0 Å². The second-order valence-electron chi connectivity index (χ2n) is 8.45. The standard InChI is InChI=1S/C27H24N6/c1-17-27-23-13-21(9-10-25(23)31-32-27)24-15-29-33(2)26(24)16-28-14-18-5-3-6-19(11-18)20-7-4-8-22(12-20)30-17/h3-13,15,28,30H,1,14,16H2,2H3,(H,31,32). The average Bonchev–Trinajstić information content (AvgIpc) is 3.42. The van der Waals surface area contributed by atoms with Crippen molar-refractivity contribution in [3.8, 4) is 22.3 Å². The number of nitrogens with zero attached hydrogens (tertiary/aromatic N) is 3. The second kappa shape index (κ2) is 7.76. The van der Waals surface area contributed by atoms with Crippen molar-refractivity contribution in [2.45, 2.75) is 13.1 Å². The first-order valence-corrected chi connectivity index (χ1v) is 11.0. The Morgan fingerprint density at radius 1 is 0.909 bits per heavy atom. The summed E-state index contributed by atoms with van der Waals surface area (Å²) < 4.78 is 1.94. The Kier molecular flexibility index (Phi) is 4.59. The number of hydrogen-bond donors (Lipinski definition) is 3. The first-order valence-electron chi connectivity index (χ1n) is 11.0. The van der Waals surface area contributed by atoms with Gasteiger partial charge in [0.2, 0.25) is 0 Å². The van der Waals surface area contributed by atoms with E-state index in [1.54, 1.807) is 0 Å². The van der Waals surface area contributed by atoms with Crippen molar-refractivity contribution in [2.75, 3.05) is 5.32 Å². The number of hydrogen-bond acceptors (Lipinski definition) is 4. The van der Waals surface area contributed by atoms with Gasteiger partial charge in [-0.15, -0.1) is 0 Å². The number of rotatable bonds is 0. The molecule has 162 valence electrons. The molecule has 0 atom stereocenters. The summed E-state index contributed by atoms with van der Waals surface area (Å²) in [6.45, 7) is 5.78. The van der Waals surface area contributed by atoms with Gasteiger partial charge in [-0.2, -0.15) is 10.2 Å². The summed E-state index contributed by atoms with van der Waals surface area (Å²) >= 11 is 0. The fourth-order valence-electron chi connectivity index (χ4n) is 4.52. The first kappa shape index (κ1) is 19.5. The maximum Gasteiger partial charge on any atom is 0.116 e. The number of aromatic amines is 1. The van der Waals surface area contributed by atoms with Gasteiger partial charge in [0.25, 0.3) is 0 Å². The van der Waals surface area contributed by atoms with E-state index in [1.807, 2.05) is 17.9 Å². The highest BCUT2D eigenvalue weighted by molar-refractivity contribution is 5.95. The molecular weight excluding hydrogens is 408 g/mol. The van der Waals surface area contributed by atoms with Crippen molar-refractivity contribution in [1.82, 2.24) is 25.3 Å². The van der Waals surface area contributed by atoms with E-state index in [2.05, 4.69) is 99.2 Å². The minimum absolute atomic E-state index is 0.718. The third-order valence-electron chi connectivity index (χ3n) is 6.26. The molecule has 6 nitrogen and oxygen atoms in total. The maximum absolute atomic E-state index is 4.56. The van der Waals surface area contributed by atoms with Crippen LogP contribution in [-0.2, 0) is 20.1 Å². The van der Waals surface area contributed by atoms with Gasteiger partial charge in [0, 0.05) is 36.8 Å². The number of fused-ring (bicyclic) bond motifs is 8. The Morgan fingerprint density at radius 2 is 1.76 bits per heavy atom. The molecule has 5 aromatic rings. The van der Waals surface area contributed by atoms with Crippen LogP contribution in [0.4, 0.5) is 5.69 Å². The number of benzene rings is 3. The van der Waals surface area contributed by atoms with Crippen LogP contribution in [0.3, 0.4) is 0 Å². The fourth-order valence-corrected chi connectivity index (χ4v) is 4.52. The third kappa shape index (κ3) is 3.50. The molecule has 0 spiro atoms. The quantitative estimate of drug-likeness (QED) is 0.310. The monoisotopic (exact) mass is 432 g/mol. The topological polar surface area (TPSA) is 70.6 Å². The van der Waals surface area contributed by atoms with Gasteiger partial charge in [0.15, 0.2) is 0 Å². The summed E-state index contributed by atoms with van der Waals surface area (Å²) in [5.74, 6) is 0. The summed E-state index contributed by atoms with van der Waals surface area (Å²) in [4.78, 5) is 0. The Labute approximate surface area is 192 Å². The number of aryl methyl sites for hydroxylation is 1. The van der Waals surface area contributed by atoms with Gasteiger partial charge in [-0.05, 0) is 52.6 Å². The number of anilines is 1. The lowest BCUT2D eigenvalue weighted by atomic mass is 10.0. The Balaban J connectivity index is 1.51.